The van der Waals surface area contributed by atoms with Crippen molar-refractivity contribution in [3.05, 3.63) is 95.8 Å². The zero-order chi connectivity index (χ0) is 23.9. The van der Waals surface area contributed by atoms with Crippen molar-refractivity contribution in [1.29, 1.82) is 0 Å². The van der Waals surface area contributed by atoms with Crippen molar-refractivity contribution >= 4 is 28.7 Å². The third kappa shape index (κ3) is 5.69. The molecule has 0 bridgehead atoms. The lowest BCUT2D eigenvalue weighted by molar-refractivity contribution is -0.150. The minimum absolute atomic E-state index is 0.129. The zero-order valence-electron chi connectivity index (χ0n) is 18.0. The molecule has 1 atom stereocenters. The molecule has 0 fully saturated rings. The molecule has 2 aromatic heterocycles. The van der Waals surface area contributed by atoms with E-state index in [-0.39, 0.29) is 18.5 Å². The number of furan rings is 1. The molecule has 4 rings (SSSR count). The first-order valence-corrected chi connectivity index (χ1v) is 10.6. The number of ether oxygens (including phenoxy) is 1. The van der Waals surface area contributed by atoms with Crippen LogP contribution in [0.15, 0.2) is 77.5 Å². The second-order valence-electron chi connectivity index (χ2n) is 7.56. The summed E-state index contributed by atoms with van der Waals surface area (Å²) in [7, 11) is 0. The number of carbonyl (C=O) groups is 3. The Morgan fingerprint density at radius 1 is 1.03 bits per heavy atom. The van der Waals surface area contributed by atoms with Crippen molar-refractivity contribution in [3.63, 3.8) is 0 Å². The van der Waals surface area contributed by atoms with Crippen molar-refractivity contribution in [2.45, 2.75) is 19.0 Å². The van der Waals surface area contributed by atoms with Gasteiger partial charge in [-0.2, -0.15) is 0 Å². The number of carbonyl (C=O) groups excluding carboxylic acids is 3. The topological polar surface area (TPSA) is 113 Å². The summed E-state index contributed by atoms with van der Waals surface area (Å²) in [6.07, 6.45) is 3.37. The van der Waals surface area contributed by atoms with Crippen molar-refractivity contribution in [2.24, 2.45) is 0 Å². The fourth-order valence-electron chi connectivity index (χ4n) is 3.44. The van der Waals surface area contributed by atoms with Gasteiger partial charge in [0.05, 0.1) is 12.8 Å². The van der Waals surface area contributed by atoms with Crippen LogP contribution in [-0.2, 0) is 27.3 Å². The Labute approximate surface area is 194 Å². The standard InChI is InChI=1S/C25H22FN3O5/c26-18-9-7-16(8-10-18)24(31)29-22(12-17-13-27-21-6-2-1-5-20(17)21)25(32)34-15-23(30)28-14-19-4-3-11-33-19/h1-11,13,22,27H,12,14-15H2,(H,28,30)(H,29,31)/t22-/m0/s1. The van der Waals surface area contributed by atoms with Crippen LogP contribution in [-0.4, -0.2) is 35.4 Å². The van der Waals surface area contributed by atoms with Gasteiger partial charge in [-0.25, -0.2) is 9.18 Å². The normalized spacial score (nSPS) is 11.7. The van der Waals surface area contributed by atoms with E-state index in [9.17, 15) is 18.8 Å². The molecule has 0 saturated heterocycles. The molecular formula is C25H22FN3O5. The number of benzene rings is 2. The molecule has 4 aromatic rings. The van der Waals surface area contributed by atoms with Crippen LogP contribution in [0.25, 0.3) is 10.9 Å². The van der Waals surface area contributed by atoms with E-state index in [0.717, 1.165) is 28.6 Å². The van der Waals surface area contributed by atoms with Gasteiger partial charge < -0.3 is 24.8 Å². The number of amides is 2. The first-order chi connectivity index (χ1) is 16.5. The average molecular weight is 463 g/mol. The summed E-state index contributed by atoms with van der Waals surface area (Å²) in [5.41, 5.74) is 1.86. The van der Waals surface area contributed by atoms with Crippen LogP contribution in [0.3, 0.4) is 0 Å². The molecule has 34 heavy (non-hydrogen) atoms. The minimum Gasteiger partial charge on any atom is -0.467 e. The third-order valence-electron chi connectivity index (χ3n) is 5.18. The van der Waals surface area contributed by atoms with Gasteiger partial charge in [0, 0.05) is 29.1 Å². The van der Waals surface area contributed by atoms with E-state index < -0.39 is 36.2 Å². The lowest BCUT2D eigenvalue weighted by atomic mass is 10.0. The van der Waals surface area contributed by atoms with Crippen molar-refractivity contribution in [1.82, 2.24) is 15.6 Å². The van der Waals surface area contributed by atoms with Crippen LogP contribution in [0.5, 0.6) is 0 Å². The lowest BCUT2D eigenvalue weighted by Crippen LogP contribution is -2.44. The smallest absolute Gasteiger partial charge is 0.329 e. The maximum atomic E-state index is 13.2. The number of para-hydroxylation sites is 1. The van der Waals surface area contributed by atoms with Crippen LogP contribution in [0, 0.1) is 5.82 Å². The summed E-state index contributed by atoms with van der Waals surface area (Å²) in [6, 6.07) is 14.8. The van der Waals surface area contributed by atoms with Crippen LogP contribution >= 0.6 is 0 Å². The number of fused-ring (bicyclic) bond motifs is 1. The Morgan fingerprint density at radius 2 is 1.82 bits per heavy atom. The quantitative estimate of drug-likeness (QED) is 0.330. The maximum absolute atomic E-state index is 13.2. The van der Waals surface area contributed by atoms with Gasteiger partial charge in [-0.05, 0) is 48.0 Å². The van der Waals surface area contributed by atoms with E-state index in [0.29, 0.717) is 5.76 Å². The SMILES string of the molecule is O=C(COC(=O)[C@H](Cc1c[nH]c2ccccc12)NC(=O)c1ccc(F)cc1)NCc1ccco1. The summed E-state index contributed by atoms with van der Waals surface area (Å²) in [4.78, 5) is 40.8. The Kier molecular flexibility index (Phi) is 7.02. The summed E-state index contributed by atoms with van der Waals surface area (Å²) >= 11 is 0. The average Bonchev–Trinajstić information content (AvgIpc) is 3.51. The highest BCUT2D eigenvalue weighted by molar-refractivity contribution is 5.97. The predicted molar refractivity (Wildman–Crippen MR) is 121 cm³/mol. The van der Waals surface area contributed by atoms with E-state index in [1.54, 1.807) is 18.3 Å². The second-order valence-corrected chi connectivity index (χ2v) is 7.56. The highest BCUT2D eigenvalue weighted by Crippen LogP contribution is 2.19. The minimum atomic E-state index is -1.07. The molecule has 0 unspecified atom stereocenters. The zero-order valence-corrected chi connectivity index (χ0v) is 18.0. The molecule has 0 aliphatic heterocycles. The maximum Gasteiger partial charge on any atom is 0.329 e. The van der Waals surface area contributed by atoms with E-state index in [1.165, 1.54) is 18.4 Å². The molecule has 0 radical (unpaired) electrons. The molecular weight excluding hydrogens is 441 g/mol. The van der Waals surface area contributed by atoms with E-state index in [4.69, 9.17) is 9.15 Å². The number of halogens is 1. The van der Waals surface area contributed by atoms with Crippen LogP contribution in [0.4, 0.5) is 4.39 Å². The van der Waals surface area contributed by atoms with Crippen LogP contribution < -0.4 is 10.6 Å². The molecule has 174 valence electrons. The van der Waals surface area contributed by atoms with E-state index in [1.807, 2.05) is 24.3 Å². The fraction of sp³-hybridized carbons (Fsp3) is 0.160. The van der Waals surface area contributed by atoms with Crippen LogP contribution in [0.2, 0.25) is 0 Å². The Morgan fingerprint density at radius 3 is 2.59 bits per heavy atom. The van der Waals surface area contributed by atoms with Gasteiger partial charge in [0.25, 0.3) is 11.8 Å². The molecule has 2 aromatic carbocycles. The molecule has 3 N–H and O–H groups in total. The number of aromatic nitrogens is 1. The number of hydrogen-bond donors (Lipinski definition) is 3. The number of hydrogen-bond acceptors (Lipinski definition) is 5. The van der Waals surface area contributed by atoms with Gasteiger partial charge in [-0.1, -0.05) is 18.2 Å². The summed E-state index contributed by atoms with van der Waals surface area (Å²) in [5.74, 6) is -1.77. The van der Waals surface area contributed by atoms with Crippen molar-refractivity contribution in [3.8, 4) is 0 Å². The monoisotopic (exact) mass is 463 g/mol. The lowest BCUT2D eigenvalue weighted by Gasteiger charge is -2.17. The molecule has 0 aliphatic rings. The van der Waals surface area contributed by atoms with Crippen LogP contribution in [0.1, 0.15) is 21.7 Å². The Hall–Kier alpha value is -4.40. The van der Waals surface area contributed by atoms with Gasteiger partial charge in [0.15, 0.2) is 6.61 Å². The molecule has 9 heteroatoms. The largest absolute Gasteiger partial charge is 0.467 e. The summed E-state index contributed by atoms with van der Waals surface area (Å²) in [6.45, 7) is -0.361. The molecule has 0 spiro atoms. The fourth-order valence-corrected chi connectivity index (χ4v) is 3.44. The van der Waals surface area contributed by atoms with Gasteiger partial charge in [-0.3, -0.25) is 9.59 Å². The Balaban J connectivity index is 1.44. The summed E-state index contributed by atoms with van der Waals surface area (Å²) in [5, 5.41) is 6.12. The number of aromatic amines is 1. The third-order valence-corrected chi connectivity index (χ3v) is 5.18. The van der Waals surface area contributed by atoms with Gasteiger partial charge >= 0.3 is 5.97 Å². The first kappa shape index (κ1) is 22.8. The molecule has 0 saturated carbocycles. The Bertz CT molecular complexity index is 1280. The first-order valence-electron chi connectivity index (χ1n) is 10.6. The van der Waals surface area contributed by atoms with Gasteiger partial charge in [-0.15, -0.1) is 0 Å². The van der Waals surface area contributed by atoms with Gasteiger partial charge in [0.1, 0.15) is 17.6 Å². The highest BCUT2D eigenvalue weighted by Gasteiger charge is 2.25. The number of rotatable bonds is 9. The van der Waals surface area contributed by atoms with Crippen molar-refractivity contribution < 1.29 is 27.9 Å². The second kappa shape index (κ2) is 10.5. The van der Waals surface area contributed by atoms with Gasteiger partial charge in [0.2, 0.25) is 0 Å². The highest BCUT2D eigenvalue weighted by atomic mass is 19.1. The van der Waals surface area contributed by atoms with Crippen molar-refractivity contribution in [2.75, 3.05) is 6.61 Å². The number of esters is 1. The molecule has 8 nitrogen and oxygen atoms in total. The predicted octanol–water partition coefficient (Wildman–Crippen LogP) is 3.10. The van der Waals surface area contributed by atoms with E-state index >= 15 is 0 Å². The van der Waals surface area contributed by atoms with E-state index in [2.05, 4.69) is 15.6 Å². The number of nitrogens with one attached hydrogen (secondary N) is 3. The number of H-pyrrole nitrogens is 1. The molecule has 0 aliphatic carbocycles. The summed E-state index contributed by atoms with van der Waals surface area (Å²) < 4.78 is 23.5. The molecule has 2 amide bonds. The molecule has 2 heterocycles.